The lowest BCUT2D eigenvalue weighted by atomic mass is 10.2. The molecule has 2 aromatic rings. The molecule has 0 unspecified atom stereocenters. The third-order valence-electron chi connectivity index (χ3n) is 2.08. The molecule has 0 spiro atoms. The quantitative estimate of drug-likeness (QED) is 0.930. The minimum Gasteiger partial charge on any atom is -0.477 e. The maximum Gasteiger partial charge on any atom is 0.346 e. The summed E-state index contributed by atoms with van der Waals surface area (Å²) in [4.78, 5) is 10.9. The van der Waals surface area contributed by atoms with Crippen molar-refractivity contribution in [3.63, 3.8) is 0 Å². The second kappa shape index (κ2) is 5.21. The van der Waals surface area contributed by atoms with E-state index in [0.717, 1.165) is 15.8 Å². The number of rotatable bonds is 3. The Hall–Kier alpha value is -1.84. The highest BCUT2D eigenvalue weighted by molar-refractivity contribution is 9.10. The Morgan fingerprint density at radius 2 is 2.22 bits per heavy atom. The number of carboxylic acids is 1. The fourth-order valence-electron chi connectivity index (χ4n) is 1.29. The van der Waals surface area contributed by atoms with Gasteiger partial charge in [0, 0.05) is 15.9 Å². The Bertz CT molecular complexity index is 645. The summed E-state index contributed by atoms with van der Waals surface area (Å²) in [6.45, 7) is 0. The Kier molecular flexibility index (Phi) is 3.65. The molecule has 1 heterocycles. The highest BCUT2D eigenvalue weighted by atomic mass is 79.9. The molecule has 0 aliphatic carbocycles. The zero-order valence-electron chi connectivity index (χ0n) is 8.88. The summed E-state index contributed by atoms with van der Waals surface area (Å²) in [5.41, 5.74) is 0.382. The summed E-state index contributed by atoms with van der Waals surface area (Å²) in [6, 6.07) is 8.49. The maximum atomic E-state index is 10.7. The van der Waals surface area contributed by atoms with Gasteiger partial charge in [0.05, 0.1) is 5.56 Å². The van der Waals surface area contributed by atoms with E-state index < -0.39 is 5.97 Å². The summed E-state index contributed by atoms with van der Waals surface area (Å²) >= 11 is 4.34. The number of ether oxygens (including phenoxy) is 1. The molecule has 1 aromatic carbocycles. The Balaban J connectivity index is 2.28. The van der Waals surface area contributed by atoms with Crippen molar-refractivity contribution in [3.05, 3.63) is 44.6 Å². The van der Waals surface area contributed by atoms with E-state index in [1.165, 1.54) is 6.07 Å². The lowest BCUT2D eigenvalue weighted by Crippen LogP contribution is -1.91. The van der Waals surface area contributed by atoms with Crippen LogP contribution in [0.2, 0.25) is 0 Å². The SMILES string of the molecule is N#Cc1cc(Br)ccc1Oc1csc(C(=O)O)c1. The molecule has 0 fully saturated rings. The van der Waals surface area contributed by atoms with E-state index in [1.807, 2.05) is 6.07 Å². The van der Waals surface area contributed by atoms with E-state index in [2.05, 4.69) is 15.9 Å². The molecule has 4 nitrogen and oxygen atoms in total. The predicted molar refractivity (Wildman–Crippen MR) is 70.2 cm³/mol. The van der Waals surface area contributed by atoms with Gasteiger partial charge in [0.15, 0.2) is 0 Å². The van der Waals surface area contributed by atoms with Crippen molar-refractivity contribution in [1.29, 1.82) is 5.26 Å². The van der Waals surface area contributed by atoms with Crippen LogP contribution in [0.1, 0.15) is 15.2 Å². The van der Waals surface area contributed by atoms with Crippen LogP contribution < -0.4 is 4.74 Å². The Morgan fingerprint density at radius 3 is 2.83 bits per heavy atom. The molecule has 18 heavy (non-hydrogen) atoms. The topological polar surface area (TPSA) is 70.3 Å². The number of nitrogens with zero attached hydrogens (tertiary/aromatic N) is 1. The number of carboxylic acid groups (broad SMARTS) is 1. The van der Waals surface area contributed by atoms with E-state index in [0.29, 0.717) is 17.1 Å². The average molecular weight is 324 g/mol. The van der Waals surface area contributed by atoms with Crippen LogP contribution in [0, 0.1) is 11.3 Å². The third kappa shape index (κ3) is 2.70. The summed E-state index contributed by atoms with van der Waals surface area (Å²) < 4.78 is 6.27. The number of hydrogen-bond acceptors (Lipinski definition) is 4. The van der Waals surface area contributed by atoms with E-state index in [1.54, 1.807) is 23.6 Å². The molecule has 0 atom stereocenters. The second-order valence-corrected chi connectivity index (χ2v) is 5.13. The highest BCUT2D eigenvalue weighted by Gasteiger charge is 2.10. The lowest BCUT2D eigenvalue weighted by Gasteiger charge is -2.05. The van der Waals surface area contributed by atoms with Gasteiger partial charge in [-0.2, -0.15) is 5.26 Å². The van der Waals surface area contributed by atoms with Crippen molar-refractivity contribution in [2.45, 2.75) is 0 Å². The fraction of sp³-hybridized carbons (Fsp3) is 0. The molecule has 90 valence electrons. The van der Waals surface area contributed by atoms with Gasteiger partial charge in [-0.05, 0) is 18.2 Å². The first-order valence-corrected chi connectivity index (χ1v) is 6.47. The molecule has 0 radical (unpaired) electrons. The van der Waals surface area contributed by atoms with Crippen LogP contribution in [0.15, 0.2) is 34.1 Å². The van der Waals surface area contributed by atoms with Gasteiger partial charge in [-0.3, -0.25) is 0 Å². The number of carbonyl (C=O) groups is 1. The summed E-state index contributed by atoms with van der Waals surface area (Å²) in [5, 5.41) is 19.4. The van der Waals surface area contributed by atoms with Crippen molar-refractivity contribution < 1.29 is 14.6 Å². The number of nitriles is 1. The first-order chi connectivity index (χ1) is 8.60. The monoisotopic (exact) mass is 323 g/mol. The summed E-state index contributed by atoms with van der Waals surface area (Å²) in [6.07, 6.45) is 0. The number of thiophene rings is 1. The first-order valence-electron chi connectivity index (χ1n) is 4.79. The van der Waals surface area contributed by atoms with Crippen molar-refractivity contribution in [2.75, 3.05) is 0 Å². The molecule has 0 amide bonds. The molecule has 2 rings (SSSR count). The molecule has 0 aliphatic heterocycles. The molecular weight excluding hydrogens is 318 g/mol. The number of halogens is 1. The van der Waals surface area contributed by atoms with Gasteiger partial charge >= 0.3 is 5.97 Å². The Labute approximate surface area is 115 Å². The summed E-state index contributed by atoms with van der Waals surface area (Å²) in [5.74, 6) is -0.183. The van der Waals surface area contributed by atoms with Gasteiger partial charge in [0.1, 0.15) is 22.4 Å². The zero-order chi connectivity index (χ0) is 13.1. The van der Waals surface area contributed by atoms with Gasteiger partial charge in [-0.25, -0.2) is 4.79 Å². The van der Waals surface area contributed by atoms with E-state index in [-0.39, 0.29) is 4.88 Å². The van der Waals surface area contributed by atoms with Gasteiger partial charge in [0.25, 0.3) is 0 Å². The van der Waals surface area contributed by atoms with E-state index in [9.17, 15) is 4.79 Å². The van der Waals surface area contributed by atoms with Gasteiger partial charge in [-0.15, -0.1) is 11.3 Å². The zero-order valence-corrected chi connectivity index (χ0v) is 11.3. The van der Waals surface area contributed by atoms with Crippen molar-refractivity contribution in [1.82, 2.24) is 0 Å². The molecule has 6 heteroatoms. The largest absolute Gasteiger partial charge is 0.477 e. The lowest BCUT2D eigenvalue weighted by molar-refractivity contribution is 0.0702. The molecule has 0 bridgehead atoms. The van der Waals surface area contributed by atoms with Gasteiger partial charge in [-0.1, -0.05) is 15.9 Å². The standard InChI is InChI=1S/C12H6BrNO3S/c13-8-1-2-10(7(3-8)5-14)17-9-4-11(12(15)16)18-6-9/h1-4,6H,(H,15,16). The van der Waals surface area contributed by atoms with Crippen LogP contribution in [0.3, 0.4) is 0 Å². The fourth-order valence-corrected chi connectivity index (χ4v) is 2.30. The molecular formula is C12H6BrNO3S. The van der Waals surface area contributed by atoms with Crippen molar-refractivity contribution in [3.8, 4) is 17.6 Å². The predicted octanol–water partition coefficient (Wildman–Crippen LogP) is 3.87. The molecule has 0 aliphatic rings. The highest BCUT2D eigenvalue weighted by Crippen LogP contribution is 2.30. The van der Waals surface area contributed by atoms with Crippen LogP contribution in [0.25, 0.3) is 0 Å². The first kappa shape index (κ1) is 12.6. The summed E-state index contributed by atoms with van der Waals surface area (Å²) in [7, 11) is 0. The molecule has 1 aromatic heterocycles. The Morgan fingerprint density at radius 1 is 1.44 bits per heavy atom. The van der Waals surface area contributed by atoms with Crippen LogP contribution in [-0.4, -0.2) is 11.1 Å². The van der Waals surface area contributed by atoms with Crippen molar-refractivity contribution >= 4 is 33.2 Å². The third-order valence-corrected chi connectivity index (χ3v) is 3.47. The van der Waals surface area contributed by atoms with E-state index in [4.69, 9.17) is 15.1 Å². The molecule has 0 saturated heterocycles. The van der Waals surface area contributed by atoms with Gasteiger partial charge in [0.2, 0.25) is 0 Å². The normalized spacial score (nSPS) is 9.78. The minimum absolute atomic E-state index is 0.195. The second-order valence-electron chi connectivity index (χ2n) is 3.31. The van der Waals surface area contributed by atoms with E-state index >= 15 is 0 Å². The number of benzene rings is 1. The number of aromatic carboxylic acids is 1. The molecule has 0 saturated carbocycles. The van der Waals surface area contributed by atoms with Crippen LogP contribution in [0.4, 0.5) is 0 Å². The van der Waals surface area contributed by atoms with Crippen molar-refractivity contribution in [2.24, 2.45) is 0 Å². The van der Waals surface area contributed by atoms with Crippen LogP contribution in [0.5, 0.6) is 11.5 Å². The number of hydrogen-bond donors (Lipinski definition) is 1. The van der Waals surface area contributed by atoms with Crippen LogP contribution in [-0.2, 0) is 0 Å². The average Bonchev–Trinajstić information content (AvgIpc) is 2.80. The minimum atomic E-state index is -0.994. The smallest absolute Gasteiger partial charge is 0.346 e. The molecule has 1 N–H and O–H groups in total. The van der Waals surface area contributed by atoms with Crippen LogP contribution >= 0.6 is 27.3 Å². The maximum absolute atomic E-state index is 10.7. The van der Waals surface area contributed by atoms with Gasteiger partial charge < -0.3 is 9.84 Å².